The van der Waals surface area contributed by atoms with Crippen LogP contribution in [-0.2, 0) is 11.3 Å². The van der Waals surface area contributed by atoms with Crippen LogP contribution in [0, 0.1) is 0 Å². The van der Waals surface area contributed by atoms with Gasteiger partial charge in [0.2, 0.25) is 0 Å². The van der Waals surface area contributed by atoms with E-state index in [-0.39, 0.29) is 0 Å². The molecule has 0 bridgehead atoms. The van der Waals surface area contributed by atoms with Crippen LogP contribution >= 0.6 is 0 Å². The molecule has 0 saturated carbocycles. The Kier molecular flexibility index (Phi) is 7.94. The third-order valence-electron chi connectivity index (χ3n) is 2.59. The second-order valence-electron chi connectivity index (χ2n) is 4.66. The predicted octanol–water partition coefficient (Wildman–Crippen LogP) is 3.16. The van der Waals surface area contributed by atoms with Crippen LogP contribution in [0.3, 0.4) is 0 Å². The Hall–Kier alpha value is -1.32. The molecule has 3 heteroatoms. The van der Waals surface area contributed by atoms with Crippen molar-refractivity contribution in [2.45, 2.75) is 32.9 Å². The van der Waals surface area contributed by atoms with Crippen LogP contribution in [-0.4, -0.2) is 25.9 Å². The number of para-hydroxylation sites is 1. The van der Waals surface area contributed by atoms with Gasteiger partial charge in [-0.3, -0.25) is 0 Å². The minimum Gasteiger partial charge on any atom is -0.489 e. The van der Waals surface area contributed by atoms with Crippen molar-refractivity contribution in [1.82, 2.24) is 5.32 Å². The highest BCUT2D eigenvalue weighted by atomic mass is 16.5. The first kappa shape index (κ1) is 15.7. The van der Waals surface area contributed by atoms with Gasteiger partial charge in [0.25, 0.3) is 0 Å². The molecule has 0 radical (unpaired) electrons. The van der Waals surface area contributed by atoms with E-state index < -0.39 is 0 Å². The number of nitrogens with one attached hydrogen (secondary N) is 1. The molecule has 0 spiro atoms. The first-order chi connectivity index (χ1) is 9.24. The number of benzene rings is 1. The minimum atomic E-state index is 0.313. The minimum absolute atomic E-state index is 0.313. The Morgan fingerprint density at radius 3 is 2.84 bits per heavy atom. The van der Waals surface area contributed by atoms with Crippen molar-refractivity contribution in [3.8, 4) is 5.75 Å². The lowest BCUT2D eigenvalue weighted by Gasteiger charge is -2.11. The van der Waals surface area contributed by atoms with Crippen LogP contribution in [0.25, 0.3) is 0 Å². The van der Waals surface area contributed by atoms with E-state index in [0.717, 1.165) is 31.9 Å². The van der Waals surface area contributed by atoms with E-state index in [2.05, 4.69) is 31.8 Å². The molecule has 0 aliphatic rings. The molecule has 0 aliphatic heterocycles. The van der Waals surface area contributed by atoms with Gasteiger partial charge in [0.05, 0.1) is 6.10 Å². The highest BCUT2D eigenvalue weighted by molar-refractivity contribution is 5.33. The van der Waals surface area contributed by atoms with Crippen LogP contribution in [0.15, 0.2) is 36.9 Å². The standard InChI is InChI=1S/C16H25NO2/c1-4-11-19-16-9-6-5-8-15(16)13-17-10-7-12-18-14(2)3/h4-6,8-9,14,17H,1,7,10-13H2,2-3H3. The Labute approximate surface area is 116 Å². The number of hydrogen-bond acceptors (Lipinski definition) is 3. The summed E-state index contributed by atoms with van der Waals surface area (Å²) in [5.74, 6) is 0.924. The maximum Gasteiger partial charge on any atom is 0.124 e. The van der Waals surface area contributed by atoms with Crippen molar-refractivity contribution in [1.29, 1.82) is 0 Å². The van der Waals surface area contributed by atoms with E-state index >= 15 is 0 Å². The quantitative estimate of drug-likeness (QED) is 0.519. The Morgan fingerprint density at radius 2 is 2.11 bits per heavy atom. The summed E-state index contributed by atoms with van der Waals surface area (Å²) in [4.78, 5) is 0. The summed E-state index contributed by atoms with van der Waals surface area (Å²) in [7, 11) is 0. The highest BCUT2D eigenvalue weighted by Gasteiger charge is 2.01. The van der Waals surface area contributed by atoms with Crippen LogP contribution in [0.4, 0.5) is 0 Å². The predicted molar refractivity (Wildman–Crippen MR) is 79.5 cm³/mol. The second kappa shape index (κ2) is 9.59. The fraction of sp³-hybridized carbons (Fsp3) is 0.500. The average molecular weight is 263 g/mol. The molecule has 0 unspecified atom stereocenters. The van der Waals surface area contributed by atoms with Crippen molar-refractivity contribution >= 4 is 0 Å². The van der Waals surface area contributed by atoms with Gasteiger partial charge in [0.1, 0.15) is 12.4 Å². The molecule has 0 atom stereocenters. The van der Waals surface area contributed by atoms with Gasteiger partial charge in [-0.1, -0.05) is 30.9 Å². The molecule has 1 N–H and O–H groups in total. The van der Waals surface area contributed by atoms with Crippen molar-refractivity contribution in [2.75, 3.05) is 19.8 Å². The zero-order valence-electron chi connectivity index (χ0n) is 12.0. The fourth-order valence-corrected chi connectivity index (χ4v) is 1.68. The molecule has 1 aromatic rings. The van der Waals surface area contributed by atoms with Crippen molar-refractivity contribution in [2.24, 2.45) is 0 Å². The van der Waals surface area contributed by atoms with Crippen molar-refractivity contribution < 1.29 is 9.47 Å². The summed E-state index contributed by atoms with van der Waals surface area (Å²) in [5, 5.41) is 3.41. The summed E-state index contributed by atoms with van der Waals surface area (Å²) in [6.07, 6.45) is 3.09. The Balaban J connectivity index is 2.26. The lowest BCUT2D eigenvalue weighted by molar-refractivity contribution is 0.0770. The maximum absolute atomic E-state index is 5.61. The lowest BCUT2D eigenvalue weighted by atomic mass is 10.2. The normalized spacial score (nSPS) is 10.7. The molecule has 0 aromatic heterocycles. The maximum atomic E-state index is 5.61. The van der Waals surface area contributed by atoms with E-state index in [1.165, 1.54) is 5.56 Å². The molecule has 0 amide bonds. The number of ether oxygens (including phenoxy) is 2. The van der Waals surface area contributed by atoms with Gasteiger partial charge < -0.3 is 14.8 Å². The van der Waals surface area contributed by atoms with Crippen molar-refractivity contribution in [3.63, 3.8) is 0 Å². The molecule has 0 saturated heterocycles. The molecule has 106 valence electrons. The fourth-order valence-electron chi connectivity index (χ4n) is 1.68. The molecular weight excluding hydrogens is 238 g/mol. The lowest BCUT2D eigenvalue weighted by Crippen LogP contribution is -2.17. The van der Waals surface area contributed by atoms with Crippen LogP contribution in [0.1, 0.15) is 25.8 Å². The Morgan fingerprint density at radius 1 is 1.32 bits per heavy atom. The van der Waals surface area contributed by atoms with Crippen molar-refractivity contribution in [3.05, 3.63) is 42.5 Å². The van der Waals surface area contributed by atoms with Gasteiger partial charge in [0, 0.05) is 18.7 Å². The van der Waals surface area contributed by atoms with E-state index in [0.29, 0.717) is 12.7 Å². The highest BCUT2D eigenvalue weighted by Crippen LogP contribution is 2.17. The zero-order valence-corrected chi connectivity index (χ0v) is 12.0. The summed E-state index contributed by atoms with van der Waals surface area (Å²) in [5.41, 5.74) is 1.18. The van der Waals surface area contributed by atoms with E-state index in [4.69, 9.17) is 9.47 Å². The molecule has 0 fully saturated rings. The van der Waals surface area contributed by atoms with Crippen LogP contribution < -0.4 is 10.1 Å². The second-order valence-corrected chi connectivity index (χ2v) is 4.66. The third kappa shape index (κ3) is 6.99. The Bertz CT molecular complexity index is 364. The summed E-state index contributed by atoms with van der Waals surface area (Å²) in [6, 6.07) is 8.08. The molecular formula is C16H25NO2. The zero-order chi connectivity index (χ0) is 13.9. The summed E-state index contributed by atoms with van der Waals surface area (Å²) < 4.78 is 11.1. The SMILES string of the molecule is C=CCOc1ccccc1CNCCCOC(C)C. The van der Waals surface area contributed by atoms with Gasteiger partial charge in [-0.25, -0.2) is 0 Å². The van der Waals surface area contributed by atoms with E-state index in [9.17, 15) is 0 Å². The molecule has 1 aromatic carbocycles. The molecule has 0 aliphatic carbocycles. The summed E-state index contributed by atoms with van der Waals surface area (Å²) >= 11 is 0. The first-order valence-corrected chi connectivity index (χ1v) is 6.88. The molecule has 3 nitrogen and oxygen atoms in total. The van der Waals surface area contributed by atoms with E-state index in [1.807, 2.05) is 18.2 Å². The number of rotatable bonds is 10. The summed E-state index contributed by atoms with van der Waals surface area (Å²) in [6.45, 7) is 10.9. The van der Waals surface area contributed by atoms with E-state index in [1.54, 1.807) is 6.08 Å². The van der Waals surface area contributed by atoms with Gasteiger partial charge in [-0.05, 0) is 32.9 Å². The average Bonchev–Trinajstić information content (AvgIpc) is 2.41. The van der Waals surface area contributed by atoms with Gasteiger partial charge in [-0.2, -0.15) is 0 Å². The van der Waals surface area contributed by atoms with Gasteiger partial charge >= 0.3 is 0 Å². The third-order valence-corrected chi connectivity index (χ3v) is 2.59. The topological polar surface area (TPSA) is 30.5 Å². The van der Waals surface area contributed by atoms with Crippen LogP contribution in [0.5, 0.6) is 5.75 Å². The first-order valence-electron chi connectivity index (χ1n) is 6.88. The van der Waals surface area contributed by atoms with Gasteiger partial charge in [0.15, 0.2) is 0 Å². The smallest absolute Gasteiger partial charge is 0.124 e. The van der Waals surface area contributed by atoms with Gasteiger partial charge in [-0.15, -0.1) is 0 Å². The largest absolute Gasteiger partial charge is 0.489 e. The molecule has 1 rings (SSSR count). The molecule has 0 heterocycles. The van der Waals surface area contributed by atoms with Crippen LogP contribution in [0.2, 0.25) is 0 Å². The number of hydrogen-bond donors (Lipinski definition) is 1. The monoisotopic (exact) mass is 263 g/mol. The molecule has 19 heavy (non-hydrogen) atoms.